The minimum absolute atomic E-state index is 0.0818. The van der Waals surface area contributed by atoms with E-state index in [1.165, 1.54) is 4.90 Å². The number of benzene rings is 1. The van der Waals surface area contributed by atoms with E-state index in [1.807, 2.05) is 32.0 Å². The van der Waals surface area contributed by atoms with Gasteiger partial charge in [-0.25, -0.2) is 4.79 Å². The molecule has 1 aliphatic heterocycles. The number of carbonyl (C=O) groups is 1. The first-order chi connectivity index (χ1) is 11.0. The highest BCUT2D eigenvalue weighted by molar-refractivity contribution is 5.77. The van der Waals surface area contributed by atoms with Crippen molar-refractivity contribution in [2.24, 2.45) is 0 Å². The number of rotatable bonds is 3. The Morgan fingerprint density at radius 2 is 2.26 bits per heavy atom. The number of nitrogens with one attached hydrogen (secondary N) is 1. The zero-order valence-corrected chi connectivity index (χ0v) is 13.2. The van der Waals surface area contributed by atoms with Crippen molar-refractivity contribution in [1.29, 1.82) is 0 Å². The maximum absolute atomic E-state index is 11.0. The highest BCUT2D eigenvalue weighted by Crippen LogP contribution is 2.32. The van der Waals surface area contributed by atoms with Crippen molar-refractivity contribution in [1.82, 2.24) is 10.1 Å². The summed E-state index contributed by atoms with van der Waals surface area (Å²) in [5, 5.41) is 16.3. The van der Waals surface area contributed by atoms with E-state index >= 15 is 0 Å². The molecule has 2 heterocycles. The number of amides is 1. The molecule has 1 aliphatic rings. The molecule has 1 aromatic carbocycles. The maximum Gasteiger partial charge on any atom is 0.407 e. The van der Waals surface area contributed by atoms with Crippen LogP contribution in [0.15, 0.2) is 22.7 Å². The van der Waals surface area contributed by atoms with Gasteiger partial charge < -0.3 is 25.6 Å². The van der Waals surface area contributed by atoms with Crippen LogP contribution in [-0.4, -0.2) is 40.4 Å². The highest BCUT2D eigenvalue weighted by atomic mass is 16.5. The average Bonchev–Trinajstić information content (AvgIpc) is 3.09. The van der Waals surface area contributed by atoms with Crippen LogP contribution < -0.4 is 11.1 Å². The monoisotopic (exact) mass is 316 g/mol. The first-order valence-corrected chi connectivity index (χ1v) is 7.53. The predicted octanol–water partition coefficient (Wildman–Crippen LogP) is 2.70. The van der Waals surface area contributed by atoms with E-state index in [9.17, 15) is 4.79 Å². The standard InChI is InChI=1S/C16H20N4O3/c1-9-15(10(2)23-19-9)11-3-4-14(13(17)7-11)18-12-5-6-20(8-12)16(21)22/h3-4,7,12,18H,5-6,8,17H2,1-2H3,(H,21,22)/t12-/m0/s1. The van der Waals surface area contributed by atoms with Crippen LogP contribution in [0.25, 0.3) is 11.1 Å². The van der Waals surface area contributed by atoms with Gasteiger partial charge in [0.1, 0.15) is 5.76 Å². The molecule has 0 saturated carbocycles. The van der Waals surface area contributed by atoms with Crippen LogP contribution in [0.4, 0.5) is 16.2 Å². The molecule has 1 amide bonds. The SMILES string of the molecule is Cc1noc(C)c1-c1ccc(N[C@H]2CCN(C(=O)O)C2)c(N)c1. The summed E-state index contributed by atoms with van der Waals surface area (Å²) in [4.78, 5) is 12.4. The molecule has 2 aromatic rings. The average molecular weight is 316 g/mol. The van der Waals surface area contributed by atoms with Crippen molar-refractivity contribution >= 4 is 17.5 Å². The van der Waals surface area contributed by atoms with Gasteiger partial charge in [0.15, 0.2) is 0 Å². The molecular weight excluding hydrogens is 296 g/mol. The lowest BCUT2D eigenvalue weighted by atomic mass is 10.0. The number of likely N-dealkylation sites (tertiary alicyclic amines) is 1. The van der Waals surface area contributed by atoms with Crippen LogP contribution in [0.2, 0.25) is 0 Å². The minimum Gasteiger partial charge on any atom is -0.465 e. The summed E-state index contributed by atoms with van der Waals surface area (Å²) in [6.45, 7) is 4.79. The molecule has 3 rings (SSSR count). The molecule has 0 unspecified atom stereocenters. The van der Waals surface area contributed by atoms with Crippen LogP contribution in [0.3, 0.4) is 0 Å². The lowest BCUT2D eigenvalue weighted by molar-refractivity contribution is 0.155. The van der Waals surface area contributed by atoms with Crippen molar-refractivity contribution in [2.45, 2.75) is 26.3 Å². The molecule has 0 radical (unpaired) electrons. The fourth-order valence-corrected chi connectivity index (χ4v) is 3.02. The molecule has 7 nitrogen and oxygen atoms in total. The molecule has 7 heteroatoms. The Balaban J connectivity index is 1.77. The van der Waals surface area contributed by atoms with Gasteiger partial charge in [-0.2, -0.15) is 0 Å². The Hall–Kier alpha value is -2.70. The van der Waals surface area contributed by atoms with Crippen LogP contribution in [-0.2, 0) is 0 Å². The van der Waals surface area contributed by atoms with Crippen LogP contribution in [0, 0.1) is 13.8 Å². The molecule has 0 aliphatic carbocycles. The van der Waals surface area contributed by atoms with Gasteiger partial charge in [-0.15, -0.1) is 0 Å². The van der Waals surface area contributed by atoms with E-state index in [4.69, 9.17) is 15.4 Å². The molecule has 1 aromatic heterocycles. The molecule has 122 valence electrons. The van der Waals surface area contributed by atoms with E-state index in [-0.39, 0.29) is 6.04 Å². The molecule has 0 spiro atoms. The number of nitrogens with two attached hydrogens (primary N) is 1. The van der Waals surface area contributed by atoms with Crippen molar-refractivity contribution in [2.75, 3.05) is 24.1 Å². The Morgan fingerprint density at radius 1 is 1.48 bits per heavy atom. The zero-order valence-electron chi connectivity index (χ0n) is 13.2. The van der Waals surface area contributed by atoms with E-state index in [0.29, 0.717) is 18.8 Å². The van der Waals surface area contributed by atoms with Crippen LogP contribution in [0.1, 0.15) is 17.9 Å². The summed E-state index contributed by atoms with van der Waals surface area (Å²) in [6, 6.07) is 5.85. The van der Waals surface area contributed by atoms with Gasteiger partial charge >= 0.3 is 6.09 Å². The predicted molar refractivity (Wildman–Crippen MR) is 87.5 cm³/mol. The summed E-state index contributed by atoms with van der Waals surface area (Å²) in [6.07, 6.45) is -0.104. The molecule has 0 bridgehead atoms. The van der Waals surface area contributed by atoms with E-state index < -0.39 is 6.09 Å². The summed E-state index contributed by atoms with van der Waals surface area (Å²) in [5.41, 5.74) is 10.3. The molecule has 23 heavy (non-hydrogen) atoms. The number of nitrogen functional groups attached to an aromatic ring is 1. The number of aryl methyl sites for hydroxylation is 2. The smallest absolute Gasteiger partial charge is 0.407 e. The molecule has 1 atom stereocenters. The third-order valence-corrected chi connectivity index (χ3v) is 4.19. The van der Waals surface area contributed by atoms with Crippen molar-refractivity contribution in [3.63, 3.8) is 0 Å². The third-order valence-electron chi connectivity index (χ3n) is 4.19. The summed E-state index contributed by atoms with van der Waals surface area (Å²) in [7, 11) is 0. The van der Waals surface area contributed by atoms with Gasteiger partial charge in [0.25, 0.3) is 0 Å². The second kappa shape index (κ2) is 5.83. The number of hydrogen-bond donors (Lipinski definition) is 3. The van der Waals surface area contributed by atoms with Gasteiger partial charge in [0, 0.05) is 24.7 Å². The van der Waals surface area contributed by atoms with Gasteiger partial charge in [-0.05, 0) is 38.0 Å². The largest absolute Gasteiger partial charge is 0.465 e. The highest BCUT2D eigenvalue weighted by Gasteiger charge is 2.26. The maximum atomic E-state index is 11.0. The van der Waals surface area contributed by atoms with Gasteiger partial charge in [-0.1, -0.05) is 11.2 Å². The number of carboxylic acid groups (broad SMARTS) is 1. The Labute approximate surface area is 134 Å². The van der Waals surface area contributed by atoms with Crippen molar-refractivity contribution in [3.8, 4) is 11.1 Å². The number of aromatic nitrogens is 1. The molecular formula is C16H20N4O3. The normalized spacial score (nSPS) is 17.5. The van der Waals surface area contributed by atoms with E-state index in [2.05, 4.69) is 10.5 Å². The lowest BCUT2D eigenvalue weighted by Gasteiger charge is -2.17. The first-order valence-electron chi connectivity index (χ1n) is 7.53. The van der Waals surface area contributed by atoms with Crippen molar-refractivity contribution < 1.29 is 14.4 Å². The third kappa shape index (κ3) is 2.94. The quantitative estimate of drug-likeness (QED) is 0.752. The molecule has 1 saturated heterocycles. The van der Waals surface area contributed by atoms with E-state index in [0.717, 1.165) is 34.7 Å². The van der Waals surface area contributed by atoms with Gasteiger partial charge in [0.2, 0.25) is 0 Å². The minimum atomic E-state index is -0.879. The summed E-state index contributed by atoms with van der Waals surface area (Å²) < 4.78 is 5.19. The molecule has 4 N–H and O–H groups in total. The van der Waals surface area contributed by atoms with E-state index in [1.54, 1.807) is 0 Å². The topological polar surface area (TPSA) is 105 Å². The number of hydrogen-bond acceptors (Lipinski definition) is 5. The summed E-state index contributed by atoms with van der Waals surface area (Å²) >= 11 is 0. The Morgan fingerprint density at radius 3 is 2.83 bits per heavy atom. The first kappa shape index (κ1) is 15.2. The fourth-order valence-electron chi connectivity index (χ4n) is 3.02. The summed E-state index contributed by atoms with van der Waals surface area (Å²) in [5.74, 6) is 0.760. The van der Waals surface area contributed by atoms with Crippen molar-refractivity contribution in [3.05, 3.63) is 29.7 Å². The lowest BCUT2D eigenvalue weighted by Crippen LogP contribution is -2.30. The number of anilines is 2. The zero-order chi connectivity index (χ0) is 16.6. The Kier molecular flexibility index (Phi) is 3.85. The van der Waals surface area contributed by atoms with Gasteiger partial charge in [-0.3, -0.25) is 0 Å². The van der Waals surface area contributed by atoms with Gasteiger partial charge in [0.05, 0.1) is 17.1 Å². The fraction of sp³-hybridized carbons (Fsp3) is 0.375. The second-order valence-electron chi connectivity index (χ2n) is 5.86. The Bertz CT molecular complexity index is 721. The second-order valence-corrected chi connectivity index (χ2v) is 5.86. The van der Waals surface area contributed by atoms with Crippen LogP contribution >= 0.6 is 0 Å². The van der Waals surface area contributed by atoms with Crippen LogP contribution in [0.5, 0.6) is 0 Å². The molecule has 1 fully saturated rings. The number of nitrogens with zero attached hydrogens (tertiary/aromatic N) is 2.